The molecule has 3 aromatic heterocycles. The van der Waals surface area contributed by atoms with Crippen molar-refractivity contribution in [1.82, 2.24) is 29.5 Å². The monoisotopic (exact) mass is 457 g/mol. The number of fused-ring (bicyclic) bond motifs is 1. The Labute approximate surface area is 183 Å². The molecule has 32 heavy (non-hydrogen) atoms. The molecule has 0 bridgehead atoms. The van der Waals surface area contributed by atoms with Crippen molar-refractivity contribution in [2.24, 2.45) is 0 Å². The summed E-state index contributed by atoms with van der Waals surface area (Å²) in [5.74, 6) is -0.565. The van der Waals surface area contributed by atoms with Gasteiger partial charge in [0.05, 0.1) is 11.9 Å². The predicted octanol–water partition coefficient (Wildman–Crippen LogP) is 1.14. The lowest BCUT2D eigenvalue weighted by molar-refractivity contribution is 0.586. The lowest BCUT2D eigenvalue weighted by atomic mass is 10.2. The van der Waals surface area contributed by atoms with Gasteiger partial charge in [0.1, 0.15) is 17.2 Å². The van der Waals surface area contributed by atoms with E-state index in [1.54, 1.807) is 36.5 Å². The van der Waals surface area contributed by atoms with Crippen LogP contribution >= 0.6 is 0 Å². The Morgan fingerprint density at radius 2 is 1.81 bits per heavy atom. The maximum atomic E-state index is 14.2. The first-order valence-electron chi connectivity index (χ1n) is 9.38. The van der Waals surface area contributed by atoms with E-state index in [1.807, 2.05) is 0 Å². The first-order valence-corrected chi connectivity index (χ1v) is 10.8. The van der Waals surface area contributed by atoms with Crippen LogP contribution in [0.1, 0.15) is 5.56 Å². The number of nitrogen functional groups attached to an aromatic ring is 2. The van der Waals surface area contributed by atoms with Gasteiger partial charge < -0.3 is 11.5 Å². The summed E-state index contributed by atoms with van der Waals surface area (Å²) >= 11 is 0. The van der Waals surface area contributed by atoms with Gasteiger partial charge in [0.25, 0.3) is 0 Å². The minimum Gasteiger partial charge on any atom is -0.382 e. The zero-order valence-corrected chi connectivity index (χ0v) is 18.0. The average Bonchev–Trinajstić information content (AvgIpc) is 3.13. The molecule has 11 nitrogen and oxygen atoms in total. The molecule has 0 unspecified atom stereocenters. The number of nitrogens with zero attached hydrogens (tertiary/aromatic N) is 6. The first kappa shape index (κ1) is 21.4. The Balaban J connectivity index is 1.83. The van der Waals surface area contributed by atoms with Gasteiger partial charge >= 0.3 is 10.2 Å². The molecule has 0 amide bonds. The van der Waals surface area contributed by atoms with Crippen molar-refractivity contribution < 1.29 is 12.8 Å². The molecule has 0 fully saturated rings. The number of nitrogens with one attached hydrogen (secondary N) is 1. The van der Waals surface area contributed by atoms with Crippen LogP contribution in [0.15, 0.2) is 42.6 Å². The number of hydrogen-bond acceptors (Lipinski definition) is 8. The lowest BCUT2D eigenvalue weighted by Crippen LogP contribution is -2.37. The van der Waals surface area contributed by atoms with Crippen molar-refractivity contribution >= 4 is 38.6 Å². The van der Waals surface area contributed by atoms with Crippen LogP contribution in [-0.4, -0.2) is 47.2 Å². The molecule has 0 saturated carbocycles. The smallest absolute Gasteiger partial charge is 0.301 e. The van der Waals surface area contributed by atoms with Crippen LogP contribution in [0.3, 0.4) is 0 Å². The number of halogens is 1. The predicted molar refractivity (Wildman–Crippen MR) is 119 cm³/mol. The van der Waals surface area contributed by atoms with E-state index in [0.717, 1.165) is 4.31 Å². The standard InChI is InChI=1S/C19H20FN9O2S/c1-23-32(30,31)28(2)15-16(21)25-18(26-17(15)22)14-12-7-5-9-24-19(12)29(27-14)10-11-6-3-4-8-13(11)20/h3-9,23H,10H2,1-2H3,(H4,21,22,25,26). The van der Waals surface area contributed by atoms with Gasteiger partial charge in [-0.2, -0.15) is 13.5 Å². The highest BCUT2D eigenvalue weighted by Gasteiger charge is 2.25. The molecule has 0 spiro atoms. The molecule has 0 aliphatic carbocycles. The minimum absolute atomic E-state index is 0.0590. The molecule has 0 saturated heterocycles. The Bertz CT molecular complexity index is 1400. The molecular formula is C19H20FN9O2S. The van der Waals surface area contributed by atoms with Crippen molar-refractivity contribution in [3.8, 4) is 11.5 Å². The third-order valence-electron chi connectivity index (χ3n) is 4.87. The summed E-state index contributed by atoms with van der Waals surface area (Å²) in [6.07, 6.45) is 1.59. The number of nitrogens with two attached hydrogens (primary N) is 2. The number of pyridine rings is 1. The maximum absolute atomic E-state index is 14.2. The second kappa shape index (κ2) is 8.01. The van der Waals surface area contributed by atoms with E-state index in [9.17, 15) is 12.8 Å². The van der Waals surface area contributed by atoms with E-state index in [0.29, 0.717) is 22.3 Å². The highest BCUT2D eigenvalue weighted by molar-refractivity contribution is 7.90. The van der Waals surface area contributed by atoms with Gasteiger partial charge in [-0.3, -0.25) is 4.31 Å². The molecule has 5 N–H and O–H groups in total. The number of hydrogen-bond donors (Lipinski definition) is 3. The van der Waals surface area contributed by atoms with Crippen molar-refractivity contribution in [2.75, 3.05) is 29.9 Å². The van der Waals surface area contributed by atoms with Crippen LogP contribution in [0.4, 0.5) is 21.7 Å². The molecular weight excluding hydrogens is 437 g/mol. The SMILES string of the molecule is CNS(=O)(=O)N(C)c1c(N)nc(-c2nn(Cc3ccccc3F)c3ncccc23)nc1N. The van der Waals surface area contributed by atoms with E-state index in [-0.39, 0.29) is 35.5 Å². The van der Waals surface area contributed by atoms with Gasteiger partial charge in [-0.05, 0) is 18.2 Å². The second-order valence-electron chi connectivity index (χ2n) is 6.82. The third-order valence-corrected chi connectivity index (χ3v) is 6.29. The molecule has 166 valence electrons. The van der Waals surface area contributed by atoms with Crippen LogP contribution in [-0.2, 0) is 16.8 Å². The van der Waals surface area contributed by atoms with Crippen molar-refractivity contribution in [3.05, 3.63) is 54.0 Å². The van der Waals surface area contributed by atoms with Crippen LogP contribution in [0, 0.1) is 5.82 Å². The summed E-state index contributed by atoms with van der Waals surface area (Å²) in [5.41, 5.74) is 13.3. The minimum atomic E-state index is -3.86. The van der Waals surface area contributed by atoms with Crippen LogP contribution < -0.4 is 20.5 Å². The van der Waals surface area contributed by atoms with Crippen molar-refractivity contribution in [3.63, 3.8) is 0 Å². The average molecular weight is 457 g/mol. The van der Waals surface area contributed by atoms with Gasteiger partial charge in [-0.15, -0.1) is 0 Å². The fourth-order valence-corrected chi connectivity index (χ4v) is 3.95. The summed E-state index contributed by atoms with van der Waals surface area (Å²) in [5, 5.41) is 5.13. The van der Waals surface area contributed by atoms with Crippen LogP contribution in [0.25, 0.3) is 22.6 Å². The van der Waals surface area contributed by atoms with Crippen LogP contribution in [0.2, 0.25) is 0 Å². The summed E-state index contributed by atoms with van der Waals surface area (Å²) in [6, 6.07) is 9.85. The molecule has 3 heterocycles. The maximum Gasteiger partial charge on any atom is 0.301 e. The van der Waals surface area contributed by atoms with E-state index >= 15 is 0 Å². The van der Waals surface area contributed by atoms with Crippen LogP contribution in [0.5, 0.6) is 0 Å². The van der Waals surface area contributed by atoms with Crippen molar-refractivity contribution in [2.45, 2.75) is 6.54 Å². The number of rotatable bonds is 6. The molecule has 0 atom stereocenters. The summed E-state index contributed by atoms with van der Waals surface area (Å²) in [6.45, 7) is 0.131. The molecule has 1 aromatic carbocycles. The first-order chi connectivity index (χ1) is 15.2. The topological polar surface area (TPSA) is 158 Å². The summed E-state index contributed by atoms with van der Waals surface area (Å²) in [7, 11) is -1.33. The Morgan fingerprint density at radius 1 is 1.12 bits per heavy atom. The Morgan fingerprint density at radius 3 is 2.47 bits per heavy atom. The fraction of sp³-hybridized carbons (Fsp3) is 0.158. The Kier molecular flexibility index (Phi) is 5.36. The quantitative estimate of drug-likeness (QED) is 0.389. The largest absolute Gasteiger partial charge is 0.382 e. The van der Waals surface area contributed by atoms with Gasteiger partial charge in [0.2, 0.25) is 0 Å². The molecule has 4 rings (SSSR count). The van der Waals surface area contributed by atoms with Gasteiger partial charge in [-0.25, -0.2) is 28.7 Å². The van der Waals surface area contributed by atoms with E-state index in [2.05, 4.69) is 24.8 Å². The van der Waals surface area contributed by atoms with E-state index in [4.69, 9.17) is 11.5 Å². The van der Waals surface area contributed by atoms with Gasteiger partial charge in [0, 0.05) is 25.9 Å². The molecule has 0 aliphatic rings. The highest BCUT2D eigenvalue weighted by atomic mass is 32.2. The normalized spacial score (nSPS) is 11.7. The zero-order chi connectivity index (χ0) is 23.0. The summed E-state index contributed by atoms with van der Waals surface area (Å²) < 4.78 is 43.0. The van der Waals surface area contributed by atoms with Gasteiger partial charge in [0.15, 0.2) is 23.1 Å². The Hall–Kier alpha value is -3.84. The number of aromatic nitrogens is 5. The second-order valence-corrected chi connectivity index (χ2v) is 8.72. The lowest BCUT2D eigenvalue weighted by Gasteiger charge is -2.20. The molecule has 13 heteroatoms. The third kappa shape index (κ3) is 3.67. The van der Waals surface area contributed by atoms with Crippen molar-refractivity contribution in [1.29, 1.82) is 0 Å². The fourth-order valence-electron chi connectivity index (χ4n) is 3.25. The summed E-state index contributed by atoms with van der Waals surface area (Å²) in [4.78, 5) is 12.8. The molecule has 0 aliphatic heterocycles. The van der Waals surface area contributed by atoms with E-state index in [1.165, 1.54) is 24.8 Å². The van der Waals surface area contributed by atoms with E-state index < -0.39 is 10.2 Å². The molecule has 0 radical (unpaired) electrons. The number of anilines is 3. The zero-order valence-electron chi connectivity index (χ0n) is 17.2. The highest BCUT2D eigenvalue weighted by Crippen LogP contribution is 2.32. The number of benzene rings is 1. The molecule has 4 aromatic rings. The van der Waals surface area contributed by atoms with Gasteiger partial charge in [-0.1, -0.05) is 18.2 Å².